The zero-order valence-corrected chi connectivity index (χ0v) is 6.36. The summed E-state index contributed by atoms with van der Waals surface area (Å²) < 4.78 is 17.3. The van der Waals surface area contributed by atoms with Crippen molar-refractivity contribution in [3.05, 3.63) is 18.1 Å². The van der Waals surface area contributed by atoms with Crippen LogP contribution >= 0.6 is 0 Å². The highest BCUT2D eigenvalue weighted by atomic mass is 19.1. The Morgan fingerprint density at radius 1 is 1.50 bits per heavy atom. The van der Waals surface area contributed by atoms with Crippen LogP contribution in [0.2, 0.25) is 0 Å². The average Bonchev–Trinajstić information content (AvgIpc) is 2.04. The molecule has 6 heteroatoms. The number of hydrogen-bond donors (Lipinski definition) is 2. The van der Waals surface area contributed by atoms with Gasteiger partial charge in [-0.3, -0.25) is 0 Å². The van der Waals surface area contributed by atoms with Crippen LogP contribution in [0.15, 0.2) is 12.1 Å². The van der Waals surface area contributed by atoms with Gasteiger partial charge in [0, 0.05) is 0 Å². The van der Waals surface area contributed by atoms with Crippen LogP contribution in [-0.2, 0) is 0 Å². The van der Waals surface area contributed by atoms with Crippen LogP contribution in [-0.4, -0.2) is 29.3 Å². The fourth-order valence-electron chi connectivity index (χ4n) is 0.732. The first-order valence-corrected chi connectivity index (χ1v) is 3.21. The fraction of sp³-hybridized carbons (Fsp3) is 0.167. The Hall–Kier alpha value is -1.14. The average molecular weight is 171 g/mol. The highest BCUT2D eigenvalue weighted by Crippen LogP contribution is 2.10. The van der Waals surface area contributed by atoms with E-state index in [-0.39, 0.29) is 11.3 Å². The van der Waals surface area contributed by atoms with Crippen LogP contribution in [0, 0.1) is 5.95 Å². The summed E-state index contributed by atoms with van der Waals surface area (Å²) in [5, 5.41) is 17.2. The number of halogens is 1. The van der Waals surface area contributed by atoms with Crippen molar-refractivity contribution in [2.45, 2.75) is 0 Å². The van der Waals surface area contributed by atoms with Gasteiger partial charge in [0.25, 0.3) is 5.95 Å². The Balaban J connectivity index is 3.02. The van der Waals surface area contributed by atoms with E-state index in [4.69, 9.17) is 10.0 Å². The normalized spacial score (nSPS) is 9.67. The quantitative estimate of drug-likeness (QED) is 0.438. The lowest BCUT2D eigenvalue weighted by atomic mass is 9.86. The highest BCUT2D eigenvalue weighted by Gasteiger charge is 2.15. The van der Waals surface area contributed by atoms with Crippen LogP contribution in [0.4, 0.5) is 4.39 Å². The Morgan fingerprint density at radius 3 is 2.58 bits per heavy atom. The van der Waals surface area contributed by atoms with Crippen LogP contribution < -0.4 is 10.3 Å². The molecule has 12 heavy (non-hydrogen) atoms. The van der Waals surface area contributed by atoms with E-state index in [1.807, 2.05) is 0 Å². The second kappa shape index (κ2) is 3.51. The second-order valence-electron chi connectivity index (χ2n) is 2.10. The molecule has 4 nitrogen and oxygen atoms in total. The van der Waals surface area contributed by atoms with Crippen molar-refractivity contribution in [1.29, 1.82) is 0 Å². The highest BCUT2D eigenvalue weighted by molar-refractivity contribution is 6.57. The molecule has 0 unspecified atom stereocenters. The number of methoxy groups -OCH3 is 1. The third kappa shape index (κ3) is 1.72. The molecule has 0 fully saturated rings. The maximum absolute atomic E-state index is 12.8. The first-order valence-electron chi connectivity index (χ1n) is 3.21. The second-order valence-corrected chi connectivity index (χ2v) is 2.10. The molecule has 0 aromatic carbocycles. The predicted octanol–water partition coefficient (Wildman–Crippen LogP) is -1.09. The minimum atomic E-state index is -1.76. The van der Waals surface area contributed by atoms with Crippen molar-refractivity contribution in [1.82, 2.24) is 4.98 Å². The molecule has 0 saturated carbocycles. The largest absolute Gasteiger partial charge is 0.508 e. The standard InChI is InChI=1S/C6H7BFNO3/c1-12-4-2-3-5(7(10)11)9-6(4)8/h2-3,10-11H,1H3. The lowest BCUT2D eigenvalue weighted by molar-refractivity contribution is 0.377. The number of hydrogen-bond acceptors (Lipinski definition) is 4. The predicted molar refractivity (Wildman–Crippen MR) is 40.6 cm³/mol. The molecule has 64 valence electrons. The first-order chi connectivity index (χ1) is 5.65. The molecular formula is C6H7BFNO3. The fourth-order valence-corrected chi connectivity index (χ4v) is 0.732. The maximum Gasteiger partial charge on any atom is 0.508 e. The summed E-state index contributed by atoms with van der Waals surface area (Å²) in [4.78, 5) is 3.25. The summed E-state index contributed by atoms with van der Waals surface area (Å²) >= 11 is 0. The van der Waals surface area contributed by atoms with Gasteiger partial charge in [0.2, 0.25) is 0 Å². The van der Waals surface area contributed by atoms with E-state index in [1.54, 1.807) is 0 Å². The molecule has 1 rings (SSSR count). The minimum absolute atomic E-state index is 0.0283. The smallest absolute Gasteiger partial charge is 0.492 e. The maximum atomic E-state index is 12.8. The molecule has 1 aromatic rings. The van der Waals surface area contributed by atoms with Crippen molar-refractivity contribution in [3.8, 4) is 5.75 Å². The monoisotopic (exact) mass is 171 g/mol. The van der Waals surface area contributed by atoms with Crippen molar-refractivity contribution >= 4 is 12.7 Å². The van der Waals surface area contributed by atoms with Crippen molar-refractivity contribution in [2.24, 2.45) is 0 Å². The lowest BCUT2D eigenvalue weighted by Gasteiger charge is -2.02. The van der Waals surface area contributed by atoms with E-state index < -0.39 is 13.1 Å². The van der Waals surface area contributed by atoms with Gasteiger partial charge >= 0.3 is 7.12 Å². The van der Waals surface area contributed by atoms with E-state index in [1.165, 1.54) is 19.2 Å². The summed E-state index contributed by atoms with van der Waals surface area (Å²) in [6.07, 6.45) is 0. The van der Waals surface area contributed by atoms with Crippen LogP contribution in [0.1, 0.15) is 0 Å². The Morgan fingerprint density at radius 2 is 2.17 bits per heavy atom. The number of aromatic nitrogens is 1. The summed E-state index contributed by atoms with van der Waals surface area (Å²) in [7, 11) is -0.458. The van der Waals surface area contributed by atoms with Gasteiger partial charge in [-0.05, 0) is 12.1 Å². The Labute approximate surface area is 68.8 Å². The zero-order chi connectivity index (χ0) is 9.14. The van der Waals surface area contributed by atoms with Crippen LogP contribution in [0.25, 0.3) is 0 Å². The van der Waals surface area contributed by atoms with Gasteiger partial charge in [-0.1, -0.05) is 0 Å². The van der Waals surface area contributed by atoms with E-state index in [0.29, 0.717) is 0 Å². The summed E-state index contributed by atoms with van der Waals surface area (Å²) in [5.41, 5.74) is -0.145. The summed E-state index contributed by atoms with van der Waals surface area (Å²) in [5.74, 6) is -0.887. The van der Waals surface area contributed by atoms with Gasteiger partial charge in [0.15, 0.2) is 5.75 Å². The van der Waals surface area contributed by atoms with Gasteiger partial charge in [-0.2, -0.15) is 4.39 Å². The topological polar surface area (TPSA) is 62.6 Å². The SMILES string of the molecule is COc1ccc(B(O)O)nc1F. The molecule has 0 radical (unpaired) electrons. The van der Waals surface area contributed by atoms with Gasteiger partial charge in [0.05, 0.1) is 12.7 Å². The molecule has 0 amide bonds. The Kier molecular flexibility index (Phi) is 2.62. The van der Waals surface area contributed by atoms with E-state index in [2.05, 4.69) is 9.72 Å². The summed E-state index contributed by atoms with van der Waals surface area (Å²) in [6, 6.07) is 2.55. The molecule has 0 aliphatic rings. The van der Waals surface area contributed by atoms with Gasteiger partial charge in [0.1, 0.15) is 0 Å². The minimum Gasteiger partial charge on any atom is -0.492 e. The van der Waals surface area contributed by atoms with E-state index in [9.17, 15) is 4.39 Å². The molecule has 0 aliphatic heterocycles. The third-order valence-corrected chi connectivity index (χ3v) is 1.32. The lowest BCUT2D eigenvalue weighted by Crippen LogP contribution is -2.33. The number of ether oxygens (including phenoxy) is 1. The third-order valence-electron chi connectivity index (χ3n) is 1.32. The number of nitrogens with zero attached hydrogens (tertiary/aromatic N) is 1. The zero-order valence-electron chi connectivity index (χ0n) is 6.36. The molecule has 0 bridgehead atoms. The number of pyridine rings is 1. The molecule has 0 atom stereocenters. The van der Waals surface area contributed by atoms with Crippen LogP contribution in [0.5, 0.6) is 5.75 Å². The number of rotatable bonds is 2. The Bertz CT molecular complexity index is 281. The van der Waals surface area contributed by atoms with E-state index >= 15 is 0 Å². The molecule has 0 aliphatic carbocycles. The van der Waals surface area contributed by atoms with Crippen molar-refractivity contribution in [2.75, 3.05) is 7.11 Å². The van der Waals surface area contributed by atoms with Gasteiger partial charge < -0.3 is 14.8 Å². The van der Waals surface area contributed by atoms with Gasteiger partial charge in [-0.15, -0.1) is 0 Å². The van der Waals surface area contributed by atoms with E-state index in [0.717, 1.165) is 0 Å². The first kappa shape index (κ1) is 8.96. The van der Waals surface area contributed by atoms with Gasteiger partial charge in [-0.25, -0.2) is 4.98 Å². The molecule has 2 N–H and O–H groups in total. The molecule has 0 spiro atoms. The summed E-state index contributed by atoms with van der Waals surface area (Å²) in [6.45, 7) is 0. The molecule has 0 saturated heterocycles. The van der Waals surface area contributed by atoms with Crippen molar-refractivity contribution in [3.63, 3.8) is 0 Å². The molecular weight excluding hydrogens is 164 g/mol. The molecule has 1 aromatic heterocycles. The van der Waals surface area contributed by atoms with Crippen LogP contribution in [0.3, 0.4) is 0 Å². The molecule has 1 heterocycles. The van der Waals surface area contributed by atoms with Crippen molar-refractivity contribution < 1.29 is 19.2 Å².